The predicted octanol–water partition coefficient (Wildman–Crippen LogP) is 5.80. The van der Waals surface area contributed by atoms with E-state index in [1.165, 1.54) is 25.0 Å². The summed E-state index contributed by atoms with van der Waals surface area (Å²) < 4.78 is 61.7. The van der Waals surface area contributed by atoms with Crippen LogP contribution in [-0.4, -0.2) is 13.0 Å². The smallest absolute Gasteiger partial charge is 0.489 e. The van der Waals surface area contributed by atoms with Gasteiger partial charge in [-0.15, -0.1) is 13.2 Å². The molecule has 2 aliphatic carbocycles. The Balaban J connectivity index is 1.74. The van der Waals surface area contributed by atoms with E-state index < -0.39 is 17.9 Å². The van der Waals surface area contributed by atoms with Gasteiger partial charge in [-0.2, -0.15) is 0 Å². The highest BCUT2D eigenvalue weighted by Gasteiger charge is 2.35. The number of allylic oxidation sites excluding steroid dienone is 2. The van der Waals surface area contributed by atoms with Gasteiger partial charge < -0.3 is 9.47 Å². The van der Waals surface area contributed by atoms with Crippen LogP contribution in [-0.2, 0) is 6.42 Å². The number of rotatable bonds is 7. The Morgan fingerprint density at radius 2 is 1.80 bits per heavy atom. The van der Waals surface area contributed by atoms with E-state index in [-0.39, 0.29) is 24.3 Å². The Kier molecular flexibility index (Phi) is 5.54. The van der Waals surface area contributed by atoms with Crippen molar-refractivity contribution in [3.8, 4) is 11.5 Å². The quantitative estimate of drug-likeness (QED) is 0.453. The number of hydrogen-bond donors (Lipinski definition) is 0. The lowest BCUT2D eigenvalue weighted by atomic mass is 10.1. The zero-order valence-electron chi connectivity index (χ0n) is 13.9. The monoisotopic (exact) mass is 358 g/mol. The van der Waals surface area contributed by atoms with Crippen LogP contribution in [0.25, 0.3) is 0 Å². The molecule has 1 aromatic rings. The summed E-state index contributed by atoms with van der Waals surface area (Å²) >= 11 is 0. The van der Waals surface area contributed by atoms with Gasteiger partial charge in [0.2, 0.25) is 5.75 Å². The van der Waals surface area contributed by atoms with E-state index in [2.05, 4.69) is 4.74 Å². The van der Waals surface area contributed by atoms with Gasteiger partial charge in [0.05, 0.1) is 6.61 Å². The number of benzene rings is 1. The first kappa shape index (κ1) is 18.1. The highest BCUT2D eigenvalue weighted by molar-refractivity contribution is 5.45. The molecule has 2 saturated carbocycles. The Labute approximate surface area is 144 Å². The predicted molar refractivity (Wildman–Crippen MR) is 86.1 cm³/mol. The van der Waals surface area contributed by atoms with Crippen molar-refractivity contribution < 1.29 is 27.0 Å². The van der Waals surface area contributed by atoms with Gasteiger partial charge in [-0.05, 0) is 55.6 Å². The normalized spacial score (nSPS) is 18.9. The lowest BCUT2D eigenvalue weighted by Gasteiger charge is -2.16. The van der Waals surface area contributed by atoms with Gasteiger partial charge in [0.15, 0.2) is 11.6 Å². The lowest BCUT2D eigenvalue weighted by Crippen LogP contribution is -2.19. The average molecular weight is 358 g/mol. The molecule has 0 amide bonds. The summed E-state index contributed by atoms with van der Waals surface area (Å²) in [5.74, 6) is -1.21. The minimum absolute atomic E-state index is 0.173. The Morgan fingerprint density at radius 3 is 2.44 bits per heavy atom. The number of alkyl halides is 3. The molecule has 0 atom stereocenters. The van der Waals surface area contributed by atoms with Gasteiger partial charge in [0.25, 0.3) is 0 Å². The molecule has 6 heteroatoms. The Morgan fingerprint density at radius 1 is 1.08 bits per heavy atom. The molecular formula is C19H22F4O2. The number of ether oxygens (including phenoxy) is 2. The first-order valence-electron chi connectivity index (χ1n) is 8.79. The molecule has 3 rings (SSSR count). The summed E-state index contributed by atoms with van der Waals surface area (Å²) in [6.45, 7) is 0.286. The standard InChI is InChI=1S/C19H22F4O2/c20-17-15(7-3-6-13-4-1-2-5-13)10-11-16(24-12-14-8-9-14)18(17)25-19(21,22)23/h3,6,10-11,13-14H,1-2,4-5,7-9,12H2/b6-3+. The van der Waals surface area contributed by atoms with Crippen molar-refractivity contribution in [1.29, 1.82) is 0 Å². The molecule has 0 radical (unpaired) electrons. The van der Waals surface area contributed by atoms with E-state index in [0.29, 0.717) is 11.8 Å². The number of halogens is 4. The van der Waals surface area contributed by atoms with Crippen molar-refractivity contribution in [2.24, 2.45) is 11.8 Å². The summed E-state index contributed by atoms with van der Waals surface area (Å²) in [5.41, 5.74) is 0.173. The van der Waals surface area contributed by atoms with E-state index >= 15 is 0 Å². The summed E-state index contributed by atoms with van der Waals surface area (Å²) in [6, 6.07) is 2.84. The van der Waals surface area contributed by atoms with Crippen molar-refractivity contribution in [2.45, 2.75) is 51.3 Å². The molecule has 2 aliphatic rings. The molecule has 2 fully saturated rings. The molecule has 25 heavy (non-hydrogen) atoms. The fourth-order valence-corrected chi connectivity index (χ4v) is 3.09. The molecule has 2 nitrogen and oxygen atoms in total. The van der Waals surface area contributed by atoms with Crippen LogP contribution in [0.2, 0.25) is 0 Å². The van der Waals surface area contributed by atoms with Crippen molar-refractivity contribution in [2.75, 3.05) is 6.61 Å². The van der Waals surface area contributed by atoms with Crippen molar-refractivity contribution in [1.82, 2.24) is 0 Å². The van der Waals surface area contributed by atoms with E-state index in [1.54, 1.807) is 0 Å². The van der Waals surface area contributed by atoms with Crippen LogP contribution in [0.5, 0.6) is 11.5 Å². The van der Waals surface area contributed by atoms with Crippen molar-refractivity contribution in [3.05, 3.63) is 35.7 Å². The summed E-state index contributed by atoms with van der Waals surface area (Å²) in [4.78, 5) is 0. The Hall–Kier alpha value is -1.72. The highest BCUT2D eigenvalue weighted by atomic mass is 19.4. The molecule has 0 unspecified atom stereocenters. The second-order valence-corrected chi connectivity index (χ2v) is 6.84. The SMILES string of the molecule is Fc1c(C/C=C/C2CCCC2)ccc(OCC2CC2)c1OC(F)(F)F. The van der Waals surface area contributed by atoms with Crippen LogP contribution >= 0.6 is 0 Å². The van der Waals surface area contributed by atoms with E-state index in [0.717, 1.165) is 25.7 Å². The average Bonchev–Trinajstić information content (AvgIpc) is 3.23. The van der Waals surface area contributed by atoms with Crippen LogP contribution in [0.4, 0.5) is 17.6 Å². The third-order valence-corrected chi connectivity index (χ3v) is 4.68. The first-order valence-corrected chi connectivity index (χ1v) is 8.79. The van der Waals surface area contributed by atoms with Gasteiger partial charge >= 0.3 is 6.36 Å². The molecule has 0 heterocycles. The molecule has 1 aromatic carbocycles. The van der Waals surface area contributed by atoms with Crippen LogP contribution < -0.4 is 9.47 Å². The Bertz CT molecular complexity index is 615. The van der Waals surface area contributed by atoms with E-state index in [4.69, 9.17) is 4.74 Å². The summed E-state index contributed by atoms with van der Waals surface area (Å²) in [6.07, 6.45) is 5.75. The molecule has 0 saturated heterocycles. The fourth-order valence-electron chi connectivity index (χ4n) is 3.09. The zero-order valence-corrected chi connectivity index (χ0v) is 13.9. The van der Waals surface area contributed by atoms with Crippen molar-refractivity contribution in [3.63, 3.8) is 0 Å². The third kappa shape index (κ3) is 5.38. The highest BCUT2D eigenvalue weighted by Crippen LogP contribution is 2.38. The van der Waals surface area contributed by atoms with Gasteiger partial charge in [-0.3, -0.25) is 0 Å². The molecule has 0 aromatic heterocycles. The van der Waals surface area contributed by atoms with Gasteiger partial charge in [0.1, 0.15) is 0 Å². The molecule has 138 valence electrons. The van der Waals surface area contributed by atoms with Gasteiger partial charge in [-0.1, -0.05) is 31.1 Å². The van der Waals surface area contributed by atoms with Crippen molar-refractivity contribution >= 4 is 0 Å². The maximum Gasteiger partial charge on any atom is 0.573 e. The minimum atomic E-state index is -4.96. The first-order chi connectivity index (χ1) is 11.9. The van der Waals surface area contributed by atoms with E-state index in [9.17, 15) is 17.6 Å². The van der Waals surface area contributed by atoms with E-state index in [1.807, 2.05) is 12.2 Å². The molecule has 0 spiro atoms. The maximum absolute atomic E-state index is 14.6. The second-order valence-electron chi connectivity index (χ2n) is 6.84. The molecule has 0 aliphatic heterocycles. The maximum atomic E-state index is 14.6. The molecule has 0 N–H and O–H groups in total. The van der Waals surface area contributed by atoms with Gasteiger partial charge in [-0.25, -0.2) is 4.39 Å². The van der Waals surface area contributed by atoms with Gasteiger partial charge in [0, 0.05) is 0 Å². The molecular weight excluding hydrogens is 336 g/mol. The minimum Gasteiger partial charge on any atom is -0.489 e. The number of hydrogen-bond acceptors (Lipinski definition) is 2. The molecule has 0 bridgehead atoms. The van der Waals surface area contributed by atoms with Crippen LogP contribution in [0.15, 0.2) is 24.3 Å². The fraction of sp³-hybridized carbons (Fsp3) is 0.579. The topological polar surface area (TPSA) is 18.5 Å². The van der Waals surface area contributed by atoms with Crippen LogP contribution in [0.1, 0.15) is 44.1 Å². The zero-order chi connectivity index (χ0) is 17.9. The summed E-state index contributed by atoms with van der Waals surface area (Å²) in [5, 5.41) is 0. The third-order valence-electron chi connectivity index (χ3n) is 4.68. The largest absolute Gasteiger partial charge is 0.573 e. The lowest BCUT2D eigenvalue weighted by molar-refractivity contribution is -0.276. The van der Waals surface area contributed by atoms with Crippen LogP contribution in [0, 0.1) is 17.7 Å². The van der Waals surface area contributed by atoms with Crippen LogP contribution in [0.3, 0.4) is 0 Å². The summed E-state index contributed by atoms with van der Waals surface area (Å²) in [7, 11) is 0. The second kappa shape index (κ2) is 7.67.